The van der Waals surface area contributed by atoms with E-state index in [9.17, 15) is 14.7 Å². The molecular weight excluding hydrogens is 422 g/mol. The molecule has 176 valence electrons. The molecule has 1 saturated heterocycles. The summed E-state index contributed by atoms with van der Waals surface area (Å²) in [6.07, 6.45) is 1.10. The van der Waals surface area contributed by atoms with E-state index in [0.717, 1.165) is 6.42 Å². The highest BCUT2D eigenvalue weighted by molar-refractivity contribution is 5.94. The van der Waals surface area contributed by atoms with Gasteiger partial charge in [-0.15, -0.1) is 0 Å². The number of ether oxygens (including phenoxy) is 2. The number of methoxy groups -OCH3 is 1. The summed E-state index contributed by atoms with van der Waals surface area (Å²) >= 11 is 0. The van der Waals surface area contributed by atoms with Crippen LogP contribution in [0.15, 0.2) is 48.5 Å². The van der Waals surface area contributed by atoms with Crippen LogP contribution in [0.3, 0.4) is 0 Å². The second-order valence-corrected chi connectivity index (χ2v) is 8.54. The van der Waals surface area contributed by atoms with Crippen LogP contribution < -0.4 is 15.4 Å². The number of aliphatic hydroxyl groups is 1. The van der Waals surface area contributed by atoms with Crippen LogP contribution in [0.25, 0.3) is 0 Å². The van der Waals surface area contributed by atoms with Gasteiger partial charge in [-0.1, -0.05) is 30.3 Å². The van der Waals surface area contributed by atoms with E-state index < -0.39 is 6.10 Å². The zero-order valence-electron chi connectivity index (χ0n) is 18.8. The third kappa shape index (κ3) is 5.83. The first-order valence-electron chi connectivity index (χ1n) is 11.4. The van der Waals surface area contributed by atoms with Crippen molar-refractivity contribution in [3.05, 3.63) is 65.2 Å². The Morgan fingerprint density at radius 1 is 1.15 bits per heavy atom. The predicted octanol–water partition coefficient (Wildman–Crippen LogP) is 2.10. The minimum atomic E-state index is -0.693. The Morgan fingerprint density at radius 3 is 2.67 bits per heavy atom. The molecule has 3 N–H and O–H groups in total. The fraction of sp³-hybridized carbons (Fsp3) is 0.440. The van der Waals surface area contributed by atoms with Crippen LogP contribution in [0.1, 0.15) is 34.3 Å². The van der Waals surface area contributed by atoms with Crippen molar-refractivity contribution in [1.29, 1.82) is 0 Å². The minimum absolute atomic E-state index is 0.0220. The van der Waals surface area contributed by atoms with E-state index in [-0.39, 0.29) is 30.7 Å². The van der Waals surface area contributed by atoms with Crippen LogP contribution in [0, 0.1) is 0 Å². The normalized spacial score (nSPS) is 19.3. The summed E-state index contributed by atoms with van der Waals surface area (Å²) in [5.41, 5.74) is 2.96. The van der Waals surface area contributed by atoms with Crippen molar-refractivity contribution in [2.75, 3.05) is 26.7 Å². The lowest BCUT2D eigenvalue weighted by atomic mass is 9.93. The van der Waals surface area contributed by atoms with Gasteiger partial charge in [-0.3, -0.25) is 4.79 Å². The number of nitrogens with one attached hydrogen (secondary N) is 2. The standard InChI is InChI=1S/C25H31N3O5/c1-32-25(31)28-11-9-20(10-12-28)33-21-8-4-7-18(13-21)24(30)27-16-23(29)22-14-17-5-2-3-6-19(17)15-26-22/h2-8,13,20,22-23,26,29H,9-12,14-16H2,1H3,(H,27,30)/t22-,23?/m0/s1. The second kappa shape index (κ2) is 10.7. The Morgan fingerprint density at radius 2 is 1.91 bits per heavy atom. The molecule has 33 heavy (non-hydrogen) atoms. The second-order valence-electron chi connectivity index (χ2n) is 8.54. The molecule has 0 aliphatic carbocycles. The van der Waals surface area contributed by atoms with Crippen molar-refractivity contribution >= 4 is 12.0 Å². The van der Waals surface area contributed by atoms with Gasteiger partial charge in [0.25, 0.3) is 5.91 Å². The van der Waals surface area contributed by atoms with Crippen LogP contribution in [0.2, 0.25) is 0 Å². The van der Waals surface area contributed by atoms with Crippen molar-refractivity contribution < 1.29 is 24.2 Å². The number of amides is 2. The van der Waals surface area contributed by atoms with E-state index >= 15 is 0 Å². The van der Waals surface area contributed by atoms with Crippen molar-refractivity contribution in [2.24, 2.45) is 0 Å². The predicted molar refractivity (Wildman–Crippen MR) is 123 cm³/mol. The van der Waals surface area contributed by atoms with Crippen LogP contribution in [0.4, 0.5) is 4.79 Å². The van der Waals surface area contributed by atoms with Crippen LogP contribution in [-0.4, -0.2) is 67.0 Å². The summed E-state index contributed by atoms with van der Waals surface area (Å²) < 4.78 is 10.8. The maximum absolute atomic E-state index is 12.7. The van der Waals surface area contributed by atoms with E-state index in [4.69, 9.17) is 9.47 Å². The van der Waals surface area contributed by atoms with E-state index in [0.29, 0.717) is 43.8 Å². The molecule has 0 saturated carbocycles. The number of aliphatic hydroxyl groups excluding tert-OH is 1. The number of piperidine rings is 1. The molecule has 2 aromatic rings. The molecule has 0 radical (unpaired) electrons. The molecule has 2 aliphatic rings. The number of benzene rings is 2. The molecule has 0 spiro atoms. The minimum Gasteiger partial charge on any atom is -0.490 e. The van der Waals surface area contributed by atoms with Crippen molar-refractivity contribution in [3.8, 4) is 5.75 Å². The average Bonchev–Trinajstić information content (AvgIpc) is 2.87. The van der Waals surface area contributed by atoms with Crippen molar-refractivity contribution in [1.82, 2.24) is 15.5 Å². The SMILES string of the molecule is COC(=O)N1CCC(Oc2cccc(C(=O)NCC(O)[C@@H]3Cc4ccccc4CN3)c2)CC1. The summed E-state index contributed by atoms with van der Waals surface area (Å²) in [6, 6.07) is 15.1. The van der Waals surface area contributed by atoms with Gasteiger partial charge < -0.3 is 30.1 Å². The molecule has 0 aromatic heterocycles. The Labute approximate surface area is 193 Å². The Balaban J connectivity index is 1.26. The first-order valence-corrected chi connectivity index (χ1v) is 11.4. The molecule has 2 amide bonds. The zero-order valence-corrected chi connectivity index (χ0v) is 18.8. The maximum atomic E-state index is 12.7. The van der Waals surface area contributed by atoms with E-state index in [1.807, 2.05) is 18.2 Å². The monoisotopic (exact) mass is 453 g/mol. The molecule has 2 atom stereocenters. The molecule has 1 fully saturated rings. The highest BCUT2D eigenvalue weighted by Crippen LogP contribution is 2.21. The summed E-state index contributed by atoms with van der Waals surface area (Å²) in [5.74, 6) is 0.362. The lowest BCUT2D eigenvalue weighted by molar-refractivity contribution is 0.0786. The highest BCUT2D eigenvalue weighted by atomic mass is 16.5. The number of hydrogen-bond donors (Lipinski definition) is 3. The number of carbonyl (C=O) groups excluding carboxylic acids is 2. The number of likely N-dealkylation sites (tertiary alicyclic amines) is 1. The fourth-order valence-corrected chi connectivity index (χ4v) is 4.38. The van der Waals surface area contributed by atoms with Gasteiger partial charge in [0.15, 0.2) is 0 Å². The number of fused-ring (bicyclic) bond motifs is 1. The van der Waals surface area contributed by atoms with Gasteiger partial charge in [-0.2, -0.15) is 0 Å². The van der Waals surface area contributed by atoms with Gasteiger partial charge in [0.2, 0.25) is 0 Å². The van der Waals surface area contributed by atoms with Gasteiger partial charge >= 0.3 is 6.09 Å². The molecule has 2 aromatic carbocycles. The molecule has 8 nitrogen and oxygen atoms in total. The Kier molecular flexibility index (Phi) is 7.47. The van der Waals surface area contributed by atoms with Crippen molar-refractivity contribution in [2.45, 2.75) is 44.1 Å². The zero-order chi connectivity index (χ0) is 23.2. The van der Waals surface area contributed by atoms with Gasteiger partial charge in [0, 0.05) is 50.6 Å². The first kappa shape index (κ1) is 23.1. The quantitative estimate of drug-likeness (QED) is 0.620. The fourth-order valence-electron chi connectivity index (χ4n) is 4.38. The van der Waals surface area contributed by atoms with Crippen LogP contribution >= 0.6 is 0 Å². The maximum Gasteiger partial charge on any atom is 0.409 e. The molecule has 8 heteroatoms. The van der Waals surface area contributed by atoms with E-state index in [1.54, 1.807) is 23.1 Å². The summed E-state index contributed by atoms with van der Waals surface area (Å²) in [7, 11) is 1.38. The molecule has 1 unspecified atom stereocenters. The van der Waals surface area contributed by atoms with Gasteiger partial charge in [0.1, 0.15) is 11.9 Å². The molecule has 2 aliphatic heterocycles. The number of carbonyl (C=O) groups is 2. The van der Waals surface area contributed by atoms with E-state index in [1.165, 1.54) is 18.2 Å². The largest absolute Gasteiger partial charge is 0.490 e. The smallest absolute Gasteiger partial charge is 0.409 e. The van der Waals surface area contributed by atoms with Crippen LogP contribution in [-0.2, 0) is 17.7 Å². The Bertz CT molecular complexity index is 974. The van der Waals surface area contributed by atoms with Crippen molar-refractivity contribution in [3.63, 3.8) is 0 Å². The van der Waals surface area contributed by atoms with Gasteiger partial charge in [-0.25, -0.2) is 4.79 Å². The number of hydrogen-bond acceptors (Lipinski definition) is 6. The topological polar surface area (TPSA) is 100 Å². The summed E-state index contributed by atoms with van der Waals surface area (Å²) in [5, 5.41) is 16.8. The highest BCUT2D eigenvalue weighted by Gasteiger charge is 2.26. The van der Waals surface area contributed by atoms with Crippen LogP contribution in [0.5, 0.6) is 5.75 Å². The third-order valence-corrected chi connectivity index (χ3v) is 6.32. The third-order valence-electron chi connectivity index (χ3n) is 6.32. The first-order chi connectivity index (χ1) is 16.0. The average molecular weight is 454 g/mol. The molecular formula is C25H31N3O5. The number of nitrogens with zero attached hydrogens (tertiary/aromatic N) is 1. The summed E-state index contributed by atoms with van der Waals surface area (Å²) in [6.45, 7) is 2.03. The molecule has 0 bridgehead atoms. The van der Waals surface area contributed by atoms with E-state index in [2.05, 4.69) is 22.8 Å². The lowest BCUT2D eigenvalue weighted by Crippen LogP contribution is -2.49. The molecule has 2 heterocycles. The summed E-state index contributed by atoms with van der Waals surface area (Å²) in [4.78, 5) is 25.9. The Hall–Kier alpha value is -3.10. The molecule has 4 rings (SSSR count). The number of rotatable bonds is 6. The lowest BCUT2D eigenvalue weighted by Gasteiger charge is -2.31. The van der Waals surface area contributed by atoms with Gasteiger partial charge in [0.05, 0.1) is 13.2 Å². The van der Waals surface area contributed by atoms with Gasteiger partial charge in [-0.05, 0) is 35.7 Å².